The van der Waals surface area contributed by atoms with E-state index in [1.165, 1.54) is 11.1 Å². The first-order valence-electron chi connectivity index (χ1n) is 10.3. The summed E-state index contributed by atoms with van der Waals surface area (Å²) in [6.07, 6.45) is 0.950. The quantitative estimate of drug-likeness (QED) is 0.454. The number of hydrogen-bond acceptors (Lipinski definition) is 4. The van der Waals surface area contributed by atoms with Crippen molar-refractivity contribution < 1.29 is 4.52 Å². The molecular weight excluding hydrogens is 374 g/mol. The van der Waals surface area contributed by atoms with E-state index in [2.05, 4.69) is 86.4 Å². The molecule has 3 rings (SSSR count). The maximum Gasteiger partial charge on any atom is 0.232 e. The monoisotopic (exact) mass is 405 g/mol. The Kier molecular flexibility index (Phi) is 7.22. The Labute approximate surface area is 178 Å². The van der Waals surface area contributed by atoms with E-state index >= 15 is 0 Å². The molecule has 0 bridgehead atoms. The minimum Gasteiger partial charge on any atom is -0.356 e. The van der Waals surface area contributed by atoms with Crippen LogP contribution in [-0.2, 0) is 12.0 Å². The molecule has 0 saturated carbocycles. The van der Waals surface area contributed by atoms with Crippen LogP contribution < -0.4 is 10.6 Å². The lowest BCUT2D eigenvalue weighted by molar-refractivity contribution is 0.318. The number of benzene rings is 2. The molecule has 0 spiro atoms. The van der Waals surface area contributed by atoms with Gasteiger partial charge < -0.3 is 15.2 Å². The van der Waals surface area contributed by atoms with Gasteiger partial charge in [-0.3, -0.25) is 4.99 Å². The number of rotatable bonds is 7. The first-order valence-corrected chi connectivity index (χ1v) is 10.3. The van der Waals surface area contributed by atoms with E-state index in [9.17, 15) is 0 Å². The van der Waals surface area contributed by atoms with Gasteiger partial charge in [0, 0.05) is 24.9 Å². The zero-order valence-electron chi connectivity index (χ0n) is 18.2. The topological polar surface area (TPSA) is 75.3 Å². The van der Waals surface area contributed by atoms with Crippen molar-refractivity contribution in [2.24, 2.45) is 4.99 Å². The van der Waals surface area contributed by atoms with E-state index < -0.39 is 0 Å². The summed E-state index contributed by atoms with van der Waals surface area (Å²) in [5.41, 5.74) is 2.47. The van der Waals surface area contributed by atoms with Crippen molar-refractivity contribution in [3.05, 3.63) is 83.5 Å². The predicted octanol–water partition coefficient (Wildman–Crippen LogP) is 4.25. The smallest absolute Gasteiger partial charge is 0.232 e. The van der Waals surface area contributed by atoms with Gasteiger partial charge in [-0.1, -0.05) is 86.6 Å². The fraction of sp³-hybridized carbons (Fsp3) is 0.375. The van der Waals surface area contributed by atoms with E-state index in [1.807, 2.05) is 20.8 Å². The minimum atomic E-state index is -0.158. The van der Waals surface area contributed by atoms with Crippen molar-refractivity contribution in [1.82, 2.24) is 20.8 Å². The van der Waals surface area contributed by atoms with Crippen LogP contribution in [0, 0.1) is 0 Å². The van der Waals surface area contributed by atoms with Gasteiger partial charge in [-0.15, -0.1) is 0 Å². The van der Waals surface area contributed by atoms with Gasteiger partial charge in [0.15, 0.2) is 11.8 Å². The van der Waals surface area contributed by atoms with Crippen molar-refractivity contribution >= 4 is 5.96 Å². The highest BCUT2D eigenvalue weighted by atomic mass is 16.5. The number of nitrogens with zero attached hydrogens (tertiary/aromatic N) is 3. The third-order valence-electron chi connectivity index (χ3n) is 4.88. The highest BCUT2D eigenvalue weighted by molar-refractivity contribution is 5.79. The molecule has 0 unspecified atom stereocenters. The lowest BCUT2D eigenvalue weighted by Gasteiger charge is -2.19. The molecule has 0 fully saturated rings. The SMILES string of the molecule is CN=C(NCCC(c1ccccc1)c1ccccc1)NCc1noc(C(C)(C)C)n1. The first kappa shape index (κ1) is 21.6. The second kappa shape index (κ2) is 10.1. The van der Waals surface area contributed by atoms with Crippen LogP contribution in [0.1, 0.15) is 56.0 Å². The van der Waals surface area contributed by atoms with Gasteiger partial charge in [0.25, 0.3) is 0 Å². The van der Waals surface area contributed by atoms with Gasteiger partial charge in [-0.2, -0.15) is 4.98 Å². The van der Waals surface area contributed by atoms with Crippen LogP contribution in [0.15, 0.2) is 70.2 Å². The van der Waals surface area contributed by atoms with Crippen LogP contribution in [0.5, 0.6) is 0 Å². The molecule has 0 aliphatic rings. The van der Waals surface area contributed by atoms with Crippen molar-refractivity contribution in [2.45, 2.75) is 45.1 Å². The van der Waals surface area contributed by atoms with Crippen LogP contribution in [0.25, 0.3) is 0 Å². The van der Waals surface area contributed by atoms with Crippen molar-refractivity contribution in [3.8, 4) is 0 Å². The number of hydrogen-bond donors (Lipinski definition) is 2. The average molecular weight is 406 g/mol. The number of aliphatic imine (C=N–C) groups is 1. The zero-order valence-corrected chi connectivity index (χ0v) is 18.2. The molecule has 0 aliphatic heterocycles. The van der Waals surface area contributed by atoms with Gasteiger partial charge in [0.1, 0.15) is 0 Å². The Morgan fingerprint density at radius 2 is 1.57 bits per heavy atom. The average Bonchev–Trinajstić information content (AvgIpc) is 3.24. The summed E-state index contributed by atoms with van der Waals surface area (Å²) in [6.45, 7) is 7.39. The summed E-state index contributed by atoms with van der Waals surface area (Å²) >= 11 is 0. The fourth-order valence-electron chi connectivity index (χ4n) is 3.25. The Bertz CT molecular complexity index is 889. The summed E-state index contributed by atoms with van der Waals surface area (Å²) in [6, 6.07) is 21.2. The lowest BCUT2D eigenvalue weighted by atomic mass is 9.88. The van der Waals surface area contributed by atoms with E-state index in [0.29, 0.717) is 24.2 Å². The summed E-state index contributed by atoms with van der Waals surface area (Å²) in [5.74, 6) is 2.30. The lowest BCUT2D eigenvalue weighted by Crippen LogP contribution is -2.38. The molecule has 2 aromatic carbocycles. The van der Waals surface area contributed by atoms with Gasteiger partial charge in [0.05, 0.1) is 6.54 Å². The summed E-state index contributed by atoms with van der Waals surface area (Å²) in [4.78, 5) is 8.76. The number of nitrogens with one attached hydrogen (secondary N) is 2. The van der Waals surface area contributed by atoms with Crippen LogP contribution in [0.4, 0.5) is 0 Å². The molecule has 3 aromatic rings. The van der Waals surface area contributed by atoms with Crippen molar-refractivity contribution in [3.63, 3.8) is 0 Å². The summed E-state index contributed by atoms with van der Waals surface area (Å²) in [5, 5.41) is 10.7. The van der Waals surface area contributed by atoms with E-state index in [-0.39, 0.29) is 5.41 Å². The van der Waals surface area contributed by atoms with E-state index in [0.717, 1.165) is 18.9 Å². The van der Waals surface area contributed by atoms with Gasteiger partial charge in [0.2, 0.25) is 5.89 Å². The molecular formula is C24H31N5O. The Morgan fingerprint density at radius 3 is 2.07 bits per heavy atom. The number of aromatic nitrogens is 2. The van der Waals surface area contributed by atoms with Gasteiger partial charge >= 0.3 is 0 Å². The van der Waals surface area contributed by atoms with Crippen molar-refractivity contribution in [2.75, 3.05) is 13.6 Å². The number of guanidine groups is 1. The van der Waals surface area contributed by atoms with Crippen molar-refractivity contribution in [1.29, 1.82) is 0 Å². The molecule has 1 heterocycles. The zero-order chi connectivity index (χ0) is 21.4. The van der Waals surface area contributed by atoms with Crippen LogP contribution in [-0.4, -0.2) is 29.7 Å². The molecule has 0 atom stereocenters. The summed E-state index contributed by atoms with van der Waals surface area (Å²) in [7, 11) is 1.76. The molecule has 0 aliphatic carbocycles. The molecule has 30 heavy (non-hydrogen) atoms. The molecule has 0 radical (unpaired) electrons. The van der Waals surface area contributed by atoms with Gasteiger partial charge in [-0.05, 0) is 17.5 Å². The minimum absolute atomic E-state index is 0.158. The highest BCUT2D eigenvalue weighted by Crippen LogP contribution is 2.27. The van der Waals surface area contributed by atoms with E-state index in [4.69, 9.17) is 4.52 Å². The third kappa shape index (κ3) is 5.92. The Balaban J connectivity index is 1.56. The molecule has 0 saturated heterocycles. The van der Waals surface area contributed by atoms with E-state index in [1.54, 1.807) is 7.05 Å². The fourth-order valence-corrected chi connectivity index (χ4v) is 3.25. The molecule has 1 aromatic heterocycles. The van der Waals surface area contributed by atoms with Crippen LogP contribution in [0.2, 0.25) is 0 Å². The molecule has 6 nitrogen and oxygen atoms in total. The molecule has 6 heteroatoms. The standard InChI is InChI=1S/C24H31N5O/c1-24(2,3)22-28-21(29-30-22)17-27-23(25-4)26-16-15-20(18-11-7-5-8-12-18)19-13-9-6-10-14-19/h5-14,20H,15-17H2,1-4H3,(H2,25,26,27). The molecule has 0 amide bonds. The van der Waals surface area contributed by atoms with Crippen LogP contribution in [0.3, 0.4) is 0 Å². The maximum atomic E-state index is 5.34. The highest BCUT2D eigenvalue weighted by Gasteiger charge is 2.21. The predicted molar refractivity (Wildman–Crippen MR) is 121 cm³/mol. The molecule has 2 N–H and O–H groups in total. The maximum absolute atomic E-state index is 5.34. The Hall–Kier alpha value is -3.15. The van der Waals surface area contributed by atoms with Gasteiger partial charge in [-0.25, -0.2) is 0 Å². The second-order valence-electron chi connectivity index (χ2n) is 8.28. The first-order chi connectivity index (χ1) is 14.5. The molecule has 158 valence electrons. The second-order valence-corrected chi connectivity index (χ2v) is 8.28. The Morgan fingerprint density at radius 1 is 0.967 bits per heavy atom. The normalized spacial score (nSPS) is 12.2. The summed E-state index contributed by atoms with van der Waals surface area (Å²) < 4.78 is 5.34. The third-order valence-corrected chi connectivity index (χ3v) is 4.88. The van der Waals surface area contributed by atoms with Crippen LogP contribution >= 0.6 is 0 Å². The largest absolute Gasteiger partial charge is 0.356 e.